The zero-order valence-corrected chi connectivity index (χ0v) is 16.3. The van der Waals surface area contributed by atoms with Crippen molar-refractivity contribution in [2.45, 2.75) is 13.1 Å². The number of benzene rings is 2. The molecule has 134 valence electrons. The van der Waals surface area contributed by atoms with E-state index >= 15 is 0 Å². The SMILES string of the molecule is CN(C)c1ccc(CNC(=O)C[NH+](C)Cc2ccc(Cl)c(Cl)c2)cc1. The fourth-order valence-corrected chi connectivity index (χ4v) is 2.83. The molecule has 0 aromatic heterocycles. The summed E-state index contributed by atoms with van der Waals surface area (Å²) in [6, 6.07) is 13.7. The van der Waals surface area contributed by atoms with Crippen LogP contribution in [-0.4, -0.2) is 33.6 Å². The number of hydrogen-bond donors (Lipinski definition) is 2. The third kappa shape index (κ3) is 6.24. The molecule has 0 aliphatic heterocycles. The lowest BCUT2D eigenvalue weighted by Crippen LogP contribution is -3.08. The minimum absolute atomic E-state index is 0.0225. The van der Waals surface area contributed by atoms with Gasteiger partial charge in [-0.3, -0.25) is 4.79 Å². The molecule has 0 heterocycles. The molecule has 0 radical (unpaired) electrons. The molecule has 2 N–H and O–H groups in total. The Balaban J connectivity index is 1.79. The van der Waals surface area contributed by atoms with Crippen molar-refractivity contribution < 1.29 is 9.69 Å². The van der Waals surface area contributed by atoms with Crippen LogP contribution in [0.25, 0.3) is 0 Å². The number of halogens is 2. The van der Waals surface area contributed by atoms with Crippen LogP contribution < -0.4 is 15.1 Å². The molecule has 0 spiro atoms. The smallest absolute Gasteiger partial charge is 0.275 e. The van der Waals surface area contributed by atoms with Crippen molar-refractivity contribution in [1.82, 2.24) is 5.32 Å². The van der Waals surface area contributed by atoms with Gasteiger partial charge in [0, 0.05) is 31.9 Å². The highest BCUT2D eigenvalue weighted by atomic mass is 35.5. The van der Waals surface area contributed by atoms with Gasteiger partial charge in [-0.25, -0.2) is 0 Å². The van der Waals surface area contributed by atoms with Gasteiger partial charge in [0.25, 0.3) is 5.91 Å². The molecule has 4 nitrogen and oxygen atoms in total. The molecule has 25 heavy (non-hydrogen) atoms. The maximum Gasteiger partial charge on any atom is 0.275 e. The van der Waals surface area contributed by atoms with Crippen LogP contribution in [0.4, 0.5) is 5.69 Å². The molecule has 0 saturated carbocycles. The summed E-state index contributed by atoms with van der Waals surface area (Å²) in [5, 5.41) is 4.05. The number of nitrogens with zero attached hydrogens (tertiary/aromatic N) is 1. The third-order valence-corrected chi connectivity index (χ3v) is 4.63. The normalized spacial score (nSPS) is 11.9. The zero-order valence-electron chi connectivity index (χ0n) is 14.8. The number of carbonyl (C=O) groups is 1. The van der Waals surface area contributed by atoms with E-state index in [0.29, 0.717) is 29.7 Å². The van der Waals surface area contributed by atoms with Gasteiger partial charge in [-0.1, -0.05) is 41.4 Å². The number of likely N-dealkylation sites (N-methyl/N-ethyl adjacent to an activating group) is 1. The average Bonchev–Trinajstić information content (AvgIpc) is 2.56. The highest BCUT2D eigenvalue weighted by molar-refractivity contribution is 6.42. The largest absolute Gasteiger partial charge is 0.378 e. The van der Waals surface area contributed by atoms with Crippen molar-refractivity contribution in [3.63, 3.8) is 0 Å². The fourth-order valence-electron chi connectivity index (χ4n) is 2.51. The molecule has 1 unspecified atom stereocenters. The van der Waals surface area contributed by atoms with Gasteiger partial charge in [0.05, 0.1) is 17.1 Å². The van der Waals surface area contributed by atoms with Gasteiger partial charge in [-0.05, 0) is 29.8 Å². The van der Waals surface area contributed by atoms with E-state index in [0.717, 1.165) is 21.7 Å². The Kier molecular flexibility index (Phi) is 7.12. The summed E-state index contributed by atoms with van der Waals surface area (Å²) in [6.07, 6.45) is 0. The Bertz CT molecular complexity index is 717. The molecule has 6 heteroatoms. The van der Waals surface area contributed by atoms with Crippen molar-refractivity contribution >= 4 is 34.8 Å². The maximum atomic E-state index is 12.1. The van der Waals surface area contributed by atoms with Gasteiger partial charge < -0.3 is 15.1 Å². The minimum Gasteiger partial charge on any atom is -0.378 e. The standard InChI is InChI=1S/C19H23Cl2N3O/c1-23(2)16-7-4-14(5-8-16)11-22-19(25)13-24(3)12-15-6-9-17(20)18(21)10-15/h4-10H,11-13H2,1-3H3,(H,22,25)/p+1. The average molecular weight is 381 g/mol. The molecule has 0 fully saturated rings. The van der Waals surface area contributed by atoms with Crippen LogP contribution in [-0.2, 0) is 17.9 Å². The van der Waals surface area contributed by atoms with Crippen LogP contribution in [0.3, 0.4) is 0 Å². The van der Waals surface area contributed by atoms with Crippen LogP contribution in [0.5, 0.6) is 0 Å². The quantitative estimate of drug-likeness (QED) is 0.773. The first-order valence-electron chi connectivity index (χ1n) is 8.13. The molecule has 0 aliphatic rings. The molecule has 0 bridgehead atoms. The van der Waals surface area contributed by atoms with Crippen LogP contribution in [0.15, 0.2) is 42.5 Å². The van der Waals surface area contributed by atoms with Gasteiger partial charge in [0.15, 0.2) is 6.54 Å². The summed E-state index contributed by atoms with van der Waals surface area (Å²) in [4.78, 5) is 15.3. The van der Waals surface area contributed by atoms with E-state index in [2.05, 4.69) is 5.32 Å². The Labute approximate surface area is 159 Å². The van der Waals surface area contributed by atoms with Crippen molar-refractivity contribution in [1.29, 1.82) is 0 Å². The van der Waals surface area contributed by atoms with Crippen molar-refractivity contribution in [2.24, 2.45) is 0 Å². The second kappa shape index (κ2) is 9.09. The van der Waals surface area contributed by atoms with Crippen LogP contribution in [0.1, 0.15) is 11.1 Å². The molecule has 1 amide bonds. The summed E-state index contributed by atoms with van der Waals surface area (Å²) >= 11 is 12.0. The van der Waals surface area contributed by atoms with Gasteiger partial charge in [0.2, 0.25) is 0 Å². The van der Waals surface area contributed by atoms with E-state index in [1.54, 1.807) is 6.07 Å². The van der Waals surface area contributed by atoms with Crippen molar-refractivity contribution in [2.75, 3.05) is 32.6 Å². The van der Waals surface area contributed by atoms with Gasteiger partial charge in [-0.2, -0.15) is 0 Å². The number of hydrogen-bond acceptors (Lipinski definition) is 2. The molecule has 0 saturated heterocycles. The predicted octanol–water partition coefficient (Wildman–Crippen LogP) is 2.39. The Morgan fingerprint density at radius 3 is 2.28 bits per heavy atom. The second-order valence-corrected chi connectivity index (χ2v) is 7.21. The maximum absolute atomic E-state index is 12.1. The summed E-state index contributed by atoms with van der Waals surface area (Å²) in [5.74, 6) is 0.0225. The summed E-state index contributed by atoms with van der Waals surface area (Å²) in [7, 11) is 5.99. The Hall–Kier alpha value is -1.75. The first kappa shape index (κ1) is 19.6. The minimum atomic E-state index is 0.0225. The number of rotatable bonds is 7. The molecule has 2 rings (SSSR count). The number of carbonyl (C=O) groups excluding carboxylic acids is 1. The molecule has 1 atom stereocenters. The first-order chi connectivity index (χ1) is 11.8. The van der Waals surface area contributed by atoms with E-state index in [1.807, 2.05) is 62.4 Å². The molecule has 0 aliphatic carbocycles. The van der Waals surface area contributed by atoms with E-state index in [1.165, 1.54) is 0 Å². The zero-order chi connectivity index (χ0) is 18.4. The van der Waals surface area contributed by atoms with Gasteiger partial charge in [-0.15, -0.1) is 0 Å². The van der Waals surface area contributed by atoms with E-state index in [9.17, 15) is 4.79 Å². The van der Waals surface area contributed by atoms with Crippen LogP contribution >= 0.6 is 23.2 Å². The lowest BCUT2D eigenvalue weighted by atomic mass is 10.2. The van der Waals surface area contributed by atoms with Crippen LogP contribution in [0, 0.1) is 0 Å². The van der Waals surface area contributed by atoms with Crippen molar-refractivity contribution in [3.8, 4) is 0 Å². The number of nitrogens with one attached hydrogen (secondary N) is 2. The molecule has 2 aromatic rings. The van der Waals surface area contributed by atoms with Gasteiger partial charge in [0.1, 0.15) is 6.54 Å². The highest BCUT2D eigenvalue weighted by Gasteiger charge is 2.11. The lowest BCUT2D eigenvalue weighted by Gasteiger charge is -2.15. The van der Waals surface area contributed by atoms with Crippen LogP contribution in [0.2, 0.25) is 10.0 Å². The summed E-state index contributed by atoms with van der Waals surface area (Å²) in [5.41, 5.74) is 3.28. The van der Waals surface area contributed by atoms with E-state index < -0.39 is 0 Å². The predicted molar refractivity (Wildman–Crippen MR) is 105 cm³/mol. The topological polar surface area (TPSA) is 36.8 Å². The monoisotopic (exact) mass is 380 g/mol. The Morgan fingerprint density at radius 2 is 1.68 bits per heavy atom. The number of anilines is 1. The molecule has 2 aromatic carbocycles. The first-order valence-corrected chi connectivity index (χ1v) is 8.89. The highest BCUT2D eigenvalue weighted by Crippen LogP contribution is 2.22. The summed E-state index contributed by atoms with van der Waals surface area (Å²) < 4.78 is 0. The molecular formula is C19H24Cl2N3O+. The van der Waals surface area contributed by atoms with Crippen molar-refractivity contribution in [3.05, 3.63) is 63.6 Å². The summed E-state index contributed by atoms with van der Waals surface area (Å²) in [6.45, 7) is 1.64. The van der Waals surface area contributed by atoms with E-state index in [-0.39, 0.29) is 5.91 Å². The van der Waals surface area contributed by atoms with Gasteiger partial charge >= 0.3 is 0 Å². The molecular weight excluding hydrogens is 357 g/mol. The third-order valence-electron chi connectivity index (χ3n) is 3.89. The second-order valence-electron chi connectivity index (χ2n) is 6.40. The fraction of sp³-hybridized carbons (Fsp3) is 0.316. The number of amides is 1. The lowest BCUT2D eigenvalue weighted by molar-refractivity contribution is -0.885. The van der Waals surface area contributed by atoms with E-state index in [4.69, 9.17) is 23.2 Å². The number of quaternary nitrogens is 1. The Morgan fingerprint density at radius 1 is 1.04 bits per heavy atom.